The molecular formula is C18H14N4O3. The molecule has 25 heavy (non-hydrogen) atoms. The molecule has 0 saturated carbocycles. The van der Waals surface area contributed by atoms with Crippen molar-refractivity contribution in [1.29, 1.82) is 0 Å². The van der Waals surface area contributed by atoms with Crippen molar-refractivity contribution in [2.75, 3.05) is 6.79 Å². The summed E-state index contributed by atoms with van der Waals surface area (Å²) in [4.78, 5) is 12.3. The molecule has 0 atom stereocenters. The third-order valence-corrected chi connectivity index (χ3v) is 4.11. The number of nitrogens with zero attached hydrogens (tertiary/aromatic N) is 3. The van der Waals surface area contributed by atoms with E-state index in [4.69, 9.17) is 14.0 Å². The molecule has 0 unspecified atom stereocenters. The van der Waals surface area contributed by atoms with Crippen LogP contribution in [0.15, 0.2) is 47.0 Å². The lowest BCUT2D eigenvalue weighted by Crippen LogP contribution is -1.93. The van der Waals surface area contributed by atoms with Gasteiger partial charge in [0.1, 0.15) is 5.82 Å². The molecule has 3 heterocycles. The van der Waals surface area contributed by atoms with E-state index in [2.05, 4.69) is 20.1 Å². The molecular weight excluding hydrogens is 320 g/mol. The second-order valence-corrected chi connectivity index (χ2v) is 5.78. The van der Waals surface area contributed by atoms with Gasteiger partial charge < -0.3 is 19.0 Å². The van der Waals surface area contributed by atoms with Crippen LogP contribution >= 0.6 is 0 Å². The van der Waals surface area contributed by atoms with Gasteiger partial charge in [-0.2, -0.15) is 4.98 Å². The highest BCUT2D eigenvalue weighted by atomic mass is 16.7. The van der Waals surface area contributed by atoms with Crippen LogP contribution in [0.4, 0.5) is 0 Å². The molecule has 124 valence electrons. The second-order valence-electron chi connectivity index (χ2n) is 5.78. The number of fused-ring (bicyclic) bond motifs is 2. The zero-order chi connectivity index (χ0) is 16.6. The molecule has 0 amide bonds. The SMILES string of the molecule is c1ccc2[nH]c(CCc3nc(-c4ccc5c(c4)OCO5)no3)nc2c1. The van der Waals surface area contributed by atoms with E-state index in [9.17, 15) is 0 Å². The van der Waals surface area contributed by atoms with Crippen LogP contribution in [-0.2, 0) is 12.8 Å². The fourth-order valence-corrected chi connectivity index (χ4v) is 2.86. The minimum Gasteiger partial charge on any atom is -0.454 e. The Labute approximate surface area is 142 Å². The summed E-state index contributed by atoms with van der Waals surface area (Å²) in [6.07, 6.45) is 1.33. The van der Waals surface area contributed by atoms with Crippen molar-refractivity contribution in [2.24, 2.45) is 0 Å². The van der Waals surface area contributed by atoms with Crippen LogP contribution in [0.5, 0.6) is 11.5 Å². The molecule has 0 fully saturated rings. The van der Waals surface area contributed by atoms with Crippen LogP contribution in [0.3, 0.4) is 0 Å². The summed E-state index contributed by atoms with van der Waals surface area (Å²) in [6.45, 7) is 0.244. The summed E-state index contributed by atoms with van der Waals surface area (Å²) in [6, 6.07) is 13.6. The van der Waals surface area contributed by atoms with Crippen LogP contribution in [0, 0.1) is 0 Å². The maximum atomic E-state index is 5.38. The predicted octanol–water partition coefficient (Wildman–Crippen LogP) is 3.13. The first-order valence-corrected chi connectivity index (χ1v) is 8.01. The lowest BCUT2D eigenvalue weighted by Gasteiger charge is -1.97. The van der Waals surface area contributed by atoms with Gasteiger partial charge in [-0.25, -0.2) is 4.98 Å². The van der Waals surface area contributed by atoms with E-state index in [1.807, 2.05) is 42.5 Å². The standard InChI is InChI=1S/C18H14N4O3/c1-2-4-13-12(3-1)19-16(20-13)7-8-17-21-18(22-25-17)11-5-6-14-15(9-11)24-10-23-14/h1-6,9H,7-8,10H2,(H,19,20). The Balaban J connectivity index is 1.32. The van der Waals surface area contributed by atoms with Crippen molar-refractivity contribution in [3.8, 4) is 22.9 Å². The average Bonchev–Trinajstić information content (AvgIpc) is 3.37. The number of nitrogens with one attached hydrogen (secondary N) is 1. The monoisotopic (exact) mass is 334 g/mol. The number of rotatable bonds is 4. The first kappa shape index (κ1) is 14.0. The Morgan fingerprint density at radius 2 is 1.88 bits per heavy atom. The molecule has 5 rings (SSSR count). The third kappa shape index (κ3) is 2.59. The molecule has 7 nitrogen and oxygen atoms in total. The van der Waals surface area contributed by atoms with Gasteiger partial charge in [-0.05, 0) is 30.3 Å². The second kappa shape index (κ2) is 5.62. The van der Waals surface area contributed by atoms with Crippen molar-refractivity contribution < 1.29 is 14.0 Å². The van der Waals surface area contributed by atoms with E-state index in [0.29, 0.717) is 30.3 Å². The third-order valence-electron chi connectivity index (χ3n) is 4.11. The minimum atomic E-state index is 0.244. The molecule has 7 heteroatoms. The number of ether oxygens (including phenoxy) is 2. The first-order chi connectivity index (χ1) is 12.3. The van der Waals surface area contributed by atoms with E-state index >= 15 is 0 Å². The molecule has 2 aromatic heterocycles. The van der Waals surface area contributed by atoms with Gasteiger partial charge in [0.05, 0.1) is 11.0 Å². The number of imidazole rings is 1. The summed E-state index contributed by atoms with van der Waals surface area (Å²) >= 11 is 0. The maximum Gasteiger partial charge on any atom is 0.231 e. The molecule has 1 aliphatic rings. The van der Waals surface area contributed by atoms with Crippen LogP contribution in [-0.4, -0.2) is 26.9 Å². The van der Waals surface area contributed by atoms with E-state index < -0.39 is 0 Å². The van der Waals surface area contributed by atoms with E-state index in [-0.39, 0.29) is 6.79 Å². The van der Waals surface area contributed by atoms with Crippen LogP contribution in [0.25, 0.3) is 22.4 Å². The number of aromatic amines is 1. The van der Waals surface area contributed by atoms with E-state index in [1.54, 1.807) is 0 Å². The van der Waals surface area contributed by atoms with Gasteiger partial charge in [0, 0.05) is 18.4 Å². The summed E-state index contributed by atoms with van der Waals surface area (Å²) in [5.41, 5.74) is 2.83. The zero-order valence-corrected chi connectivity index (χ0v) is 13.2. The number of benzene rings is 2. The Hall–Kier alpha value is -3.35. The van der Waals surface area contributed by atoms with Gasteiger partial charge >= 0.3 is 0 Å². The molecule has 2 aromatic carbocycles. The fourth-order valence-electron chi connectivity index (χ4n) is 2.86. The van der Waals surface area contributed by atoms with E-state index in [0.717, 1.165) is 28.2 Å². The number of para-hydroxylation sites is 2. The number of hydrogen-bond acceptors (Lipinski definition) is 6. The zero-order valence-electron chi connectivity index (χ0n) is 13.2. The van der Waals surface area contributed by atoms with Crippen molar-refractivity contribution in [3.05, 3.63) is 54.2 Å². The maximum absolute atomic E-state index is 5.38. The number of aryl methyl sites for hydroxylation is 2. The average molecular weight is 334 g/mol. The fraction of sp³-hybridized carbons (Fsp3) is 0.167. The molecule has 0 saturated heterocycles. The van der Waals surface area contributed by atoms with Crippen molar-refractivity contribution in [2.45, 2.75) is 12.8 Å². The molecule has 0 aliphatic carbocycles. The van der Waals surface area contributed by atoms with Gasteiger partial charge in [0.2, 0.25) is 18.5 Å². The molecule has 4 aromatic rings. The molecule has 0 bridgehead atoms. The number of H-pyrrole nitrogens is 1. The van der Waals surface area contributed by atoms with Crippen molar-refractivity contribution in [3.63, 3.8) is 0 Å². The molecule has 0 spiro atoms. The smallest absolute Gasteiger partial charge is 0.231 e. The van der Waals surface area contributed by atoms with Gasteiger partial charge in [-0.15, -0.1) is 0 Å². The molecule has 0 radical (unpaired) electrons. The quantitative estimate of drug-likeness (QED) is 0.617. The number of aromatic nitrogens is 4. The van der Waals surface area contributed by atoms with Crippen LogP contribution < -0.4 is 9.47 Å². The Morgan fingerprint density at radius 1 is 0.960 bits per heavy atom. The molecule has 1 aliphatic heterocycles. The minimum absolute atomic E-state index is 0.244. The van der Waals surface area contributed by atoms with Crippen LogP contribution in [0.2, 0.25) is 0 Å². The Morgan fingerprint density at radius 3 is 2.84 bits per heavy atom. The highest BCUT2D eigenvalue weighted by Gasteiger charge is 2.16. The van der Waals surface area contributed by atoms with Crippen molar-refractivity contribution in [1.82, 2.24) is 20.1 Å². The topological polar surface area (TPSA) is 86.1 Å². The van der Waals surface area contributed by atoms with Gasteiger partial charge in [-0.1, -0.05) is 17.3 Å². The highest BCUT2D eigenvalue weighted by Crippen LogP contribution is 2.35. The van der Waals surface area contributed by atoms with Gasteiger partial charge in [0.25, 0.3) is 0 Å². The summed E-state index contributed by atoms with van der Waals surface area (Å²) < 4.78 is 16.1. The highest BCUT2D eigenvalue weighted by molar-refractivity contribution is 5.74. The van der Waals surface area contributed by atoms with E-state index in [1.165, 1.54) is 0 Å². The van der Waals surface area contributed by atoms with Gasteiger partial charge in [-0.3, -0.25) is 0 Å². The Kier molecular flexibility index (Phi) is 3.16. The Bertz CT molecular complexity index is 1020. The summed E-state index contributed by atoms with van der Waals surface area (Å²) in [7, 11) is 0. The number of hydrogen-bond donors (Lipinski definition) is 1. The summed E-state index contributed by atoms with van der Waals surface area (Å²) in [5, 5.41) is 4.05. The molecule has 1 N–H and O–H groups in total. The largest absolute Gasteiger partial charge is 0.454 e. The van der Waals surface area contributed by atoms with Crippen molar-refractivity contribution >= 4 is 11.0 Å². The normalized spacial score (nSPS) is 12.8. The van der Waals surface area contributed by atoms with Crippen LogP contribution in [0.1, 0.15) is 11.7 Å². The van der Waals surface area contributed by atoms with Gasteiger partial charge in [0.15, 0.2) is 11.5 Å². The lowest BCUT2D eigenvalue weighted by atomic mass is 10.2. The predicted molar refractivity (Wildman–Crippen MR) is 89.4 cm³/mol. The summed E-state index contributed by atoms with van der Waals surface area (Å²) in [5.74, 6) is 3.46. The first-order valence-electron chi connectivity index (χ1n) is 8.01. The lowest BCUT2D eigenvalue weighted by molar-refractivity contribution is 0.174.